The number of carbonyl (C=O) groups is 1. The quantitative estimate of drug-likeness (QED) is 0.705. The minimum atomic E-state index is -1.11. The Balaban J connectivity index is 2.51. The summed E-state index contributed by atoms with van der Waals surface area (Å²) < 4.78 is 15.0. The highest BCUT2D eigenvalue weighted by Crippen LogP contribution is 2.32. The van der Waals surface area contributed by atoms with E-state index in [-0.39, 0.29) is 17.4 Å². The summed E-state index contributed by atoms with van der Waals surface area (Å²) in [7, 11) is 0. The summed E-state index contributed by atoms with van der Waals surface area (Å²) in [5.74, 6) is -1.47. The van der Waals surface area contributed by atoms with Crippen LogP contribution in [0, 0.1) is 5.82 Å². The maximum Gasteiger partial charge on any atom is 0.328 e. The molecule has 5 heteroatoms. The summed E-state index contributed by atoms with van der Waals surface area (Å²) in [6, 6.07) is 12.9. The third-order valence-corrected chi connectivity index (χ3v) is 4.19. The molecule has 132 valence electrons. The molecule has 0 aliphatic heterocycles. The molecule has 0 radical (unpaired) electrons. The van der Waals surface area contributed by atoms with Crippen LogP contribution in [-0.4, -0.2) is 15.6 Å². The van der Waals surface area contributed by atoms with Gasteiger partial charge in [0, 0.05) is 23.1 Å². The average molecular weight is 351 g/mol. The van der Waals surface area contributed by atoms with Gasteiger partial charge >= 0.3 is 5.97 Å². The van der Waals surface area contributed by atoms with Crippen LogP contribution in [-0.2, 0) is 4.79 Å². The molecule has 0 unspecified atom stereocenters. The van der Waals surface area contributed by atoms with Crippen LogP contribution >= 0.6 is 0 Å². The minimum absolute atomic E-state index is 0.181. The van der Waals surface area contributed by atoms with Crippen molar-refractivity contribution in [2.75, 3.05) is 0 Å². The topological polar surface area (TPSA) is 59.3 Å². The number of carboxylic acids is 1. The van der Waals surface area contributed by atoms with Crippen molar-refractivity contribution in [1.29, 1.82) is 0 Å². The van der Waals surface area contributed by atoms with Gasteiger partial charge in [0.2, 0.25) is 0 Å². The van der Waals surface area contributed by atoms with E-state index in [1.165, 1.54) is 18.2 Å². The highest BCUT2D eigenvalue weighted by molar-refractivity contribution is 6.00. The van der Waals surface area contributed by atoms with E-state index in [4.69, 9.17) is 5.11 Å². The molecular formula is C21H18FNO3. The second-order valence-electron chi connectivity index (χ2n) is 6.25. The van der Waals surface area contributed by atoms with Gasteiger partial charge in [-0.05, 0) is 49.1 Å². The third-order valence-electron chi connectivity index (χ3n) is 4.19. The predicted molar refractivity (Wildman–Crippen MR) is 101 cm³/mol. The molecule has 0 aliphatic carbocycles. The van der Waals surface area contributed by atoms with Crippen LogP contribution in [0.25, 0.3) is 28.0 Å². The van der Waals surface area contributed by atoms with Gasteiger partial charge in [-0.3, -0.25) is 4.79 Å². The average Bonchev–Trinajstić information content (AvgIpc) is 2.61. The number of aromatic nitrogens is 1. The molecule has 0 fully saturated rings. The van der Waals surface area contributed by atoms with Gasteiger partial charge in [-0.15, -0.1) is 0 Å². The molecule has 0 atom stereocenters. The summed E-state index contributed by atoms with van der Waals surface area (Å²) in [5, 5.41) is 10.3. The first-order chi connectivity index (χ1) is 12.4. The Morgan fingerprint density at radius 3 is 2.27 bits per heavy atom. The molecule has 0 spiro atoms. The van der Waals surface area contributed by atoms with Crippen molar-refractivity contribution in [3.8, 4) is 11.1 Å². The second kappa shape index (κ2) is 6.96. The lowest BCUT2D eigenvalue weighted by Gasteiger charge is -2.20. The van der Waals surface area contributed by atoms with Crippen LogP contribution < -0.4 is 5.56 Å². The molecule has 3 rings (SSSR count). The normalized spacial score (nSPS) is 11.5. The Kier molecular flexibility index (Phi) is 4.71. The fraction of sp³-hybridized carbons (Fsp3) is 0.143. The van der Waals surface area contributed by atoms with E-state index in [0.29, 0.717) is 27.6 Å². The van der Waals surface area contributed by atoms with E-state index in [1.54, 1.807) is 28.8 Å². The highest BCUT2D eigenvalue weighted by atomic mass is 19.1. The number of carboxylic acid groups (broad SMARTS) is 1. The summed E-state index contributed by atoms with van der Waals surface area (Å²) in [6.07, 6.45) is 2.43. The summed E-state index contributed by atoms with van der Waals surface area (Å²) >= 11 is 0. The lowest BCUT2D eigenvalue weighted by Crippen LogP contribution is -2.25. The first-order valence-electron chi connectivity index (χ1n) is 8.24. The van der Waals surface area contributed by atoms with Gasteiger partial charge in [0.15, 0.2) is 0 Å². The van der Waals surface area contributed by atoms with Gasteiger partial charge in [-0.2, -0.15) is 0 Å². The van der Waals surface area contributed by atoms with Crippen molar-refractivity contribution >= 4 is 22.8 Å². The minimum Gasteiger partial charge on any atom is -0.478 e. The SMILES string of the molecule is CC(C)n1c(/C=C/C(=O)O)c(-c2ccc(F)cc2)c2ccccc2c1=O. The maximum atomic E-state index is 13.4. The van der Waals surface area contributed by atoms with E-state index in [2.05, 4.69) is 0 Å². The van der Waals surface area contributed by atoms with Gasteiger partial charge in [0.05, 0.1) is 5.69 Å². The molecule has 1 aromatic heterocycles. The molecule has 1 N–H and O–H groups in total. The van der Waals surface area contributed by atoms with Crippen LogP contribution in [0.15, 0.2) is 59.4 Å². The zero-order valence-corrected chi connectivity index (χ0v) is 14.4. The number of rotatable bonds is 4. The van der Waals surface area contributed by atoms with Crippen LogP contribution in [0.4, 0.5) is 4.39 Å². The predicted octanol–water partition coefficient (Wildman–Crippen LogP) is 4.49. The van der Waals surface area contributed by atoms with Crippen molar-refractivity contribution in [2.24, 2.45) is 0 Å². The van der Waals surface area contributed by atoms with Crippen molar-refractivity contribution < 1.29 is 14.3 Å². The van der Waals surface area contributed by atoms with E-state index in [9.17, 15) is 14.0 Å². The Morgan fingerprint density at radius 1 is 1.08 bits per heavy atom. The maximum absolute atomic E-state index is 13.4. The Labute approximate surface area is 149 Å². The molecule has 0 saturated carbocycles. The molecule has 1 heterocycles. The number of fused-ring (bicyclic) bond motifs is 1. The summed E-state index contributed by atoms with van der Waals surface area (Å²) in [4.78, 5) is 24.1. The van der Waals surface area contributed by atoms with E-state index < -0.39 is 5.97 Å². The smallest absolute Gasteiger partial charge is 0.328 e. The number of aliphatic carboxylic acids is 1. The lowest BCUT2D eigenvalue weighted by molar-refractivity contribution is -0.131. The zero-order valence-electron chi connectivity index (χ0n) is 14.4. The fourth-order valence-corrected chi connectivity index (χ4v) is 3.13. The Hall–Kier alpha value is -3.21. The Bertz CT molecular complexity index is 1060. The van der Waals surface area contributed by atoms with Crippen LogP contribution in [0.2, 0.25) is 0 Å². The molecule has 2 aromatic carbocycles. The number of halogens is 1. The standard InChI is InChI=1S/C21H18FNO3/c1-13(2)23-18(11-12-19(24)25)20(14-7-9-15(22)10-8-14)16-5-3-4-6-17(16)21(23)26/h3-13H,1-2H3,(H,24,25)/b12-11+. The molecular weight excluding hydrogens is 333 g/mol. The first kappa shape index (κ1) is 17.6. The second-order valence-corrected chi connectivity index (χ2v) is 6.25. The van der Waals surface area contributed by atoms with Crippen molar-refractivity contribution in [1.82, 2.24) is 4.57 Å². The molecule has 0 amide bonds. The number of benzene rings is 2. The Morgan fingerprint density at radius 2 is 1.69 bits per heavy atom. The molecule has 4 nitrogen and oxygen atoms in total. The van der Waals surface area contributed by atoms with Crippen molar-refractivity contribution in [3.63, 3.8) is 0 Å². The molecule has 3 aromatic rings. The van der Waals surface area contributed by atoms with Gasteiger partial charge in [-0.1, -0.05) is 30.3 Å². The van der Waals surface area contributed by atoms with Gasteiger partial charge < -0.3 is 9.67 Å². The number of hydrogen-bond acceptors (Lipinski definition) is 2. The summed E-state index contributed by atoms with van der Waals surface area (Å²) in [6.45, 7) is 3.73. The van der Waals surface area contributed by atoms with Crippen LogP contribution in [0.1, 0.15) is 25.6 Å². The lowest BCUT2D eigenvalue weighted by atomic mass is 9.96. The van der Waals surface area contributed by atoms with Crippen molar-refractivity contribution in [2.45, 2.75) is 19.9 Å². The number of hydrogen-bond donors (Lipinski definition) is 1. The van der Waals surface area contributed by atoms with Gasteiger partial charge in [0.25, 0.3) is 5.56 Å². The van der Waals surface area contributed by atoms with E-state index in [0.717, 1.165) is 6.08 Å². The third kappa shape index (κ3) is 3.16. The molecule has 26 heavy (non-hydrogen) atoms. The molecule has 0 bridgehead atoms. The van der Waals surface area contributed by atoms with Crippen molar-refractivity contribution in [3.05, 3.63) is 76.5 Å². The molecule has 0 aliphatic rings. The van der Waals surface area contributed by atoms with Gasteiger partial charge in [-0.25, -0.2) is 9.18 Å². The van der Waals surface area contributed by atoms with Crippen LogP contribution in [0.5, 0.6) is 0 Å². The fourth-order valence-electron chi connectivity index (χ4n) is 3.13. The van der Waals surface area contributed by atoms with Crippen LogP contribution in [0.3, 0.4) is 0 Å². The highest BCUT2D eigenvalue weighted by Gasteiger charge is 2.18. The number of nitrogens with zero attached hydrogens (tertiary/aromatic N) is 1. The first-order valence-corrected chi connectivity index (χ1v) is 8.24. The summed E-state index contributed by atoms with van der Waals surface area (Å²) in [5.41, 5.74) is 1.71. The monoisotopic (exact) mass is 351 g/mol. The molecule has 0 saturated heterocycles. The zero-order chi connectivity index (χ0) is 18.8. The van der Waals surface area contributed by atoms with Gasteiger partial charge in [0.1, 0.15) is 5.82 Å². The van der Waals surface area contributed by atoms with E-state index >= 15 is 0 Å². The van der Waals surface area contributed by atoms with E-state index in [1.807, 2.05) is 26.0 Å². The number of pyridine rings is 1. The largest absolute Gasteiger partial charge is 0.478 e.